The lowest BCUT2D eigenvalue weighted by Gasteiger charge is -2.20. The molecule has 1 atom stereocenters. The van der Waals surface area contributed by atoms with Gasteiger partial charge in [-0.15, -0.1) is 11.3 Å². The van der Waals surface area contributed by atoms with Gasteiger partial charge in [-0.2, -0.15) is 0 Å². The minimum Gasteiger partial charge on any atom is -0.480 e. The van der Waals surface area contributed by atoms with Crippen molar-refractivity contribution in [2.24, 2.45) is 0 Å². The van der Waals surface area contributed by atoms with Gasteiger partial charge in [0, 0.05) is 17.3 Å². The van der Waals surface area contributed by atoms with E-state index in [1.165, 1.54) is 16.2 Å². The molecule has 5 nitrogen and oxygen atoms in total. The molecule has 0 bridgehead atoms. The van der Waals surface area contributed by atoms with Gasteiger partial charge in [-0.05, 0) is 12.8 Å². The van der Waals surface area contributed by atoms with Crippen LogP contribution in [0.25, 0.3) is 0 Å². The molecule has 1 aromatic heterocycles. The Hall–Kier alpha value is -1.43. The molecule has 0 spiro atoms. The topological polar surface area (TPSA) is 70.5 Å². The molecule has 1 saturated heterocycles. The zero-order chi connectivity index (χ0) is 14.2. The fourth-order valence-electron chi connectivity index (χ4n) is 2.13. The number of hydrogen-bond donors (Lipinski definition) is 1. The number of carboxylic acid groups (broad SMARTS) is 1. The molecule has 0 saturated carbocycles. The van der Waals surface area contributed by atoms with Crippen LogP contribution in [0.2, 0.25) is 0 Å². The molecule has 1 fully saturated rings. The number of hydrogen-bond acceptors (Lipinski definition) is 4. The van der Waals surface area contributed by atoms with Crippen LogP contribution in [-0.2, 0) is 10.2 Å². The molecule has 0 radical (unpaired) electrons. The Morgan fingerprint density at radius 2 is 2.16 bits per heavy atom. The van der Waals surface area contributed by atoms with Gasteiger partial charge in [0.25, 0.3) is 5.91 Å². The van der Waals surface area contributed by atoms with Crippen molar-refractivity contribution in [1.82, 2.24) is 9.88 Å². The number of amides is 1. The smallest absolute Gasteiger partial charge is 0.326 e. The van der Waals surface area contributed by atoms with Crippen molar-refractivity contribution in [3.63, 3.8) is 0 Å². The second-order valence-electron chi connectivity index (χ2n) is 5.78. The predicted molar refractivity (Wildman–Crippen MR) is 72.5 cm³/mol. The monoisotopic (exact) mass is 282 g/mol. The fraction of sp³-hybridized carbons (Fsp3) is 0.615. The summed E-state index contributed by atoms with van der Waals surface area (Å²) in [6, 6.07) is -0.702. The molecule has 1 N–H and O–H groups in total. The van der Waals surface area contributed by atoms with Crippen molar-refractivity contribution in [2.75, 3.05) is 6.54 Å². The van der Waals surface area contributed by atoms with Crippen LogP contribution in [-0.4, -0.2) is 39.5 Å². The number of aliphatic carboxylic acids is 1. The van der Waals surface area contributed by atoms with E-state index < -0.39 is 12.0 Å². The number of thiazole rings is 1. The van der Waals surface area contributed by atoms with Crippen LogP contribution in [0.1, 0.15) is 49.1 Å². The Bertz CT molecular complexity index is 504. The molecular weight excluding hydrogens is 264 g/mol. The molecule has 2 heterocycles. The largest absolute Gasteiger partial charge is 0.480 e. The summed E-state index contributed by atoms with van der Waals surface area (Å²) in [5.41, 5.74) is 0.267. The molecule has 1 aliphatic rings. The normalized spacial score (nSPS) is 19.7. The molecule has 1 aliphatic heterocycles. The minimum atomic E-state index is -0.933. The van der Waals surface area contributed by atoms with Gasteiger partial charge in [0.15, 0.2) is 0 Å². The van der Waals surface area contributed by atoms with Crippen molar-refractivity contribution >= 4 is 23.2 Å². The summed E-state index contributed by atoms with van der Waals surface area (Å²) in [6.45, 7) is 6.61. The van der Waals surface area contributed by atoms with Crippen LogP contribution in [0.15, 0.2) is 5.38 Å². The molecule has 1 aromatic rings. The van der Waals surface area contributed by atoms with Gasteiger partial charge in [0.2, 0.25) is 0 Å². The van der Waals surface area contributed by atoms with E-state index in [1.807, 2.05) is 20.8 Å². The predicted octanol–water partition coefficient (Wildman–Crippen LogP) is 2.13. The molecule has 2 rings (SSSR count). The quantitative estimate of drug-likeness (QED) is 0.902. The molecule has 104 valence electrons. The average molecular weight is 282 g/mol. The van der Waals surface area contributed by atoms with Gasteiger partial charge < -0.3 is 10.0 Å². The van der Waals surface area contributed by atoms with E-state index in [1.54, 1.807) is 5.38 Å². The lowest BCUT2D eigenvalue weighted by Crippen LogP contribution is -2.40. The first-order valence-electron chi connectivity index (χ1n) is 6.30. The summed E-state index contributed by atoms with van der Waals surface area (Å²) in [7, 11) is 0. The lowest BCUT2D eigenvalue weighted by molar-refractivity contribution is -0.141. The standard InChI is InChI=1S/C13H18N2O3S/c1-13(2,3)12-14-8(7-19-12)10(16)15-6-4-5-9(15)11(17)18/h7,9H,4-6H2,1-3H3,(H,17,18)/t9-/m1/s1. The number of carbonyl (C=O) groups is 2. The van der Waals surface area contributed by atoms with Crippen LogP contribution in [0.3, 0.4) is 0 Å². The van der Waals surface area contributed by atoms with Crippen LogP contribution in [0.4, 0.5) is 0 Å². The highest BCUT2D eigenvalue weighted by Gasteiger charge is 2.35. The molecule has 6 heteroatoms. The van der Waals surface area contributed by atoms with Gasteiger partial charge in [0.05, 0.1) is 5.01 Å². The SMILES string of the molecule is CC(C)(C)c1nc(C(=O)N2CCC[C@@H]2C(=O)O)cs1. The van der Waals surface area contributed by atoms with Gasteiger partial charge in [-0.25, -0.2) is 9.78 Å². The van der Waals surface area contributed by atoms with Gasteiger partial charge in [-0.1, -0.05) is 20.8 Å². The second-order valence-corrected chi connectivity index (χ2v) is 6.64. The van der Waals surface area contributed by atoms with Gasteiger partial charge in [0.1, 0.15) is 11.7 Å². The Morgan fingerprint density at radius 1 is 1.47 bits per heavy atom. The van der Waals surface area contributed by atoms with Gasteiger partial charge in [-0.3, -0.25) is 4.79 Å². The molecular formula is C13H18N2O3S. The first-order valence-corrected chi connectivity index (χ1v) is 7.18. The number of nitrogens with zero attached hydrogens (tertiary/aromatic N) is 2. The average Bonchev–Trinajstić information content (AvgIpc) is 2.96. The molecule has 0 aromatic carbocycles. The van der Waals surface area contributed by atoms with Crippen molar-refractivity contribution < 1.29 is 14.7 Å². The van der Waals surface area contributed by atoms with Gasteiger partial charge >= 0.3 is 5.97 Å². The fourth-order valence-corrected chi connectivity index (χ4v) is 3.01. The Labute approximate surface area is 116 Å². The Kier molecular flexibility index (Phi) is 3.62. The first kappa shape index (κ1) is 14.0. The number of rotatable bonds is 2. The van der Waals surface area contributed by atoms with E-state index in [0.717, 1.165) is 11.4 Å². The molecule has 0 unspecified atom stereocenters. The molecule has 1 amide bonds. The maximum absolute atomic E-state index is 12.3. The summed E-state index contributed by atoms with van der Waals surface area (Å²) >= 11 is 1.45. The van der Waals surface area contributed by atoms with Crippen molar-refractivity contribution in [3.05, 3.63) is 16.1 Å². The minimum absolute atomic E-state index is 0.0968. The molecule has 19 heavy (non-hydrogen) atoms. The third-order valence-corrected chi connectivity index (χ3v) is 4.43. The maximum Gasteiger partial charge on any atom is 0.326 e. The summed E-state index contributed by atoms with van der Waals surface area (Å²) in [5.74, 6) is -1.20. The summed E-state index contributed by atoms with van der Waals surface area (Å²) < 4.78 is 0. The summed E-state index contributed by atoms with van der Waals surface area (Å²) in [5, 5.41) is 11.7. The summed E-state index contributed by atoms with van der Waals surface area (Å²) in [4.78, 5) is 29.2. The Morgan fingerprint density at radius 3 is 2.68 bits per heavy atom. The summed E-state index contributed by atoms with van der Waals surface area (Å²) in [6.07, 6.45) is 1.26. The van der Waals surface area contributed by atoms with E-state index in [0.29, 0.717) is 18.7 Å². The van der Waals surface area contributed by atoms with Crippen molar-refractivity contribution in [3.8, 4) is 0 Å². The third-order valence-electron chi connectivity index (χ3n) is 3.16. The van der Waals surface area contributed by atoms with Crippen LogP contribution in [0.5, 0.6) is 0 Å². The van der Waals surface area contributed by atoms with Crippen molar-refractivity contribution in [1.29, 1.82) is 0 Å². The highest BCUT2D eigenvalue weighted by Crippen LogP contribution is 2.27. The zero-order valence-corrected chi connectivity index (χ0v) is 12.2. The maximum atomic E-state index is 12.3. The number of aromatic nitrogens is 1. The van der Waals surface area contributed by atoms with Crippen LogP contribution < -0.4 is 0 Å². The third kappa shape index (κ3) is 2.78. The lowest BCUT2D eigenvalue weighted by atomic mass is 9.98. The Balaban J connectivity index is 2.20. The number of carbonyl (C=O) groups excluding carboxylic acids is 1. The number of likely N-dealkylation sites (tertiary alicyclic amines) is 1. The van der Waals surface area contributed by atoms with Crippen LogP contribution in [0, 0.1) is 0 Å². The number of carboxylic acids is 1. The van der Waals surface area contributed by atoms with E-state index in [4.69, 9.17) is 5.11 Å². The van der Waals surface area contributed by atoms with Crippen LogP contribution >= 0.6 is 11.3 Å². The van der Waals surface area contributed by atoms with E-state index in [2.05, 4.69) is 4.98 Å². The molecule has 0 aliphatic carbocycles. The highest BCUT2D eigenvalue weighted by atomic mass is 32.1. The van der Waals surface area contributed by atoms with Crippen molar-refractivity contribution in [2.45, 2.75) is 45.1 Å². The first-order chi connectivity index (χ1) is 8.80. The van der Waals surface area contributed by atoms with E-state index in [9.17, 15) is 9.59 Å². The zero-order valence-electron chi connectivity index (χ0n) is 11.3. The van der Waals surface area contributed by atoms with E-state index in [-0.39, 0.29) is 11.3 Å². The second kappa shape index (κ2) is 4.92. The highest BCUT2D eigenvalue weighted by molar-refractivity contribution is 7.10. The van der Waals surface area contributed by atoms with E-state index >= 15 is 0 Å².